The van der Waals surface area contributed by atoms with Gasteiger partial charge in [-0.3, -0.25) is 10.1 Å². The number of hydrogen-bond donors (Lipinski definition) is 1. The van der Waals surface area contributed by atoms with Crippen molar-refractivity contribution in [1.29, 1.82) is 0 Å². The molecule has 27 heavy (non-hydrogen) atoms. The van der Waals surface area contributed by atoms with Gasteiger partial charge in [-0.1, -0.05) is 23.7 Å². The van der Waals surface area contributed by atoms with E-state index in [1.165, 1.54) is 6.33 Å². The highest BCUT2D eigenvalue weighted by Gasteiger charge is 2.25. The zero-order valence-electron chi connectivity index (χ0n) is 15.0. The summed E-state index contributed by atoms with van der Waals surface area (Å²) in [6.07, 6.45) is 1.22. The molecule has 0 bridgehead atoms. The Kier molecular flexibility index (Phi) is 5.23. The van der Waals surface area contributed by atoms with Crippen LogP contribution in [0, 0.1) is 30.9 Å². The molecule has 3 rings (SSSR count). The number of anilines is 2. The maximum atomic E-state index is 11.7. The SMILES string of the molecule is Cc1cccc(Nc2ncnc(Oc3cc(C)c(Cl)c(C)c3)c2[N+](=O)[O-])c1. The first-order valence-electron chi connectivity index (χ1n) is 8.13. The Morgan fingerprint density at radius 2 is 1.81 bits per heavy atom. The van der Waals surface area contributed by atoms with Crippen LogP contribution in [0.5, 0.6) is 11.6 Å². The summed E-state index contributed by atoms with van der Waals surface area (Å²) in [5, 5.41) is 15.2. The molecule has 0 aliphatic heterocycles. The number of aromatic nitrogens is 2. The van der Waals surface area contributed by atoms with Crippen LogP contribution in [-0.4, -0.2) is 14.9 Å². The van der Waals surface area contributed by atoms with E-state index in [2.05, 4.69) is 15.3 Å². The van der Waals surface area contributed by atoms with Crippen molar-refractivity contribution < 1.29 is 9.66 Å². The van der Waals surface area contributed by atoms with E-state index in [1.54, 1.807) is 18.2 Å². The summed E-state index contributed by atoms with van der Waals surface area (Å²) in [7, 11) is 0. The average molecular weight is 385 g/mol. The van der Waals surface area contributed by atoms with E-state index in [0.29, 0.717) is 16.5 Å². The van der Waals surface area contributed by atoms with Crippen molar-refractivity contribution in [1.82, 2.24) is 9.97 Å². The number of halogens is 1. The third-order valence-corrected chi connectivity index (χ3v) is 4.47. The molecule has 0 amide bonds. The monoisotopic (exact) mass is 384 g/mol. The summed E-state index contributed by atoms with van der Waals surface area (Å²) >= 11 is 6.16. The zero-order valence-corrected chi connectivity index (χ0v) is 15.7. The van der Waals surface area contributed by atoms with Crippen molar-refractivity contribution in [3.05, 3.63) is 74.6 Å². The summed E-state index contributed by atoms with van der Waals surface area (Å²) < 4.78 is 5.70. The van der Waals surface area contributed by atoms with Crippen LogP contribution in [0.25, 0.3) is 0 Å². The van der Waals surface area contributed by atoms with Crippen molar-refractivity contribution in [2.75, 3.05) is 5.32 Å². The van der Waals surface area contributed by atoms with Crippen LogP contribution in [0.2, 0.25) is 5.02 Å². The van der Waals surface area contributed by atoms with Crippen LogP contribution in [-0.2, 0) is 0 Å². The summed E-state index contributed by atoms with van der Waals surface area (Å²) in [5.41, 5.74) is 2.97. The number of hydrogen-bond acceptors (Lipinski definition) is 6. The highest BCUT2D eigenvalue weighted by atomic mass is 35.5. The van der Waals surface area contributed by atoms with Gasteiger partial charge < -0.3 is 10.1 Å². The predicted molar refractivity (Wildman–Crippen MR) is 104 cm³/mol. The fourth-order valence-electron chi connectivity index (χ4n) is 2.63. The molecule has 2 aromatic carbocycles. The van der Waals surface area contributed by atoms with E-state index in [4.69, 9.17) is 16.3 Å². The highest BCUT2D eigenvalue weighted by Crippen LogP contribution is 2.36. The molecule has 0 fully saturated rings. The van der Waals surface area contributed by atoms with Crippen LogP contribution in [0.1, 0.15) is 16.7 Å². The topological polar surface area (TPSA) is 90.2 Å². The van der Waals surface area contributed by atoms with Gasteiger partial charge in [0.2, 0.25) is 5.82 Å². The van der Waals surface area contributed by atoms with Crippen molar-refractivity contribution >= 4 is 28.8 Å². The molecule has 0 spiro atoms. The van der Waals surface area contributed by atoms with E-state index < -0.39 is 4.92 Å². The maximum Gasteiger partial charge on any atom is 0.373 e. The molecule has 0 saturated carbocycles. The van der Waals surface area contributed by atoms with E-state index in [1.807, 2.05) is 39.0 Å². The maximum absolute atomic E-state index is 11.7. The van der Waals surface area contributed by atoms with E-state index >= 15 is 0 Å². The summed E-state index contributed by atoms with van der Waals surface area (Å²) in [6, 6.07) is 10.8. The lowest BCUT2D eigenvalue weighted by Gasteiger charge is -2.11. The molecule has 1 aromatic heterocycles. The van der Waals surface area contributed by atoms with Gasteiger partial charge >= 0.3 is 11.6 Å². The van der Waals surface area contributed by atoms with Gasteiger partial charge in [-0.25, -0.2) is 4.98 Å². The minimum atomic E-state index is -0.566. The molecule has 0 aliphatic rings. The van der Waals surface area contributed by atoms with Gasteiger partial charge in [0.1, 0.15) is 12.1 Å². The number of nitrogens with one attached hydrogen (secondary N) is 1. The van der Waals surface area contributed by atoms with Crippen LogP contribution < -0.4 is 10.1 Å². The second kappa shape index (κ2) is 7.59. The van der Waals surface area contributed by atoms with Crippen LogP contribution in [0.15, 0.2) is 42.7 Å². The molecule has 7 nitrogen and oxygen atoms in total. The van der Waals surface area contributed by atoms with Crippen LogP contribution in [0.4, 0.5) is 17.2 Å². The first-order chi connectivity index (χ1) is 12.8. The van der Waals surface area contributed by atoms with Gasteiger partial charge in [0, 0.05) is 10.7 Å². The third kappa shape index (κ3) is 4.15. The molecule has 8 heteroatoms. The molecular formula is C19H17ClN4O3. The third-order valence-electron chi connectivity index (χ3n) is 3.88. The molecule has 1 N–H and O–H groups in total. The number of ether oxygens (including phenoxy) is 1. The number of aryl methyl sites for hydroxylation is 3. The van der Waals surface area contributed by atoms with Gasteiger partial charge in [0.15, 0.2) is 0 Å². The molecule has 138 valence electrons. The summed E-state index contributed by atoms with van der Waals surface area (Å²) in [6.45, 7) is 5.60. The first-order valence-corrected chi connectivity index (χ1v) is 8.50. The smallest absolute Gasteiger partial charge is 0.373 e. The van der Waals surface area contributed by atoms with Gasteiger partial charge in [0.05, 0.1) is 4.92 Å². The lowest BCUT2D eigenvalue weighted by molar-refractivity contribution is -0.385. The lowest BCUT2D eigenvalue weighted by Crippen LogP contribution is -2.03. The normalized spacial score (nSPS) is 10.5. The zero-order chi connectivity index (χ0) is 19.6. The second-order valence-corrected chi connectivity index (χ2v) is 6.48. The van der Waals surface area contributed by atoms with Crippen molar-refractivity contribution in [3.8, 4) is 11.6 Å². The van der Waals surface area contributed by atoms with Crippen molar-refractivity contribution in [2.45, 2.75) is 20.8 Å². The van der Waals surface area contributed by atoms with Crippen molar-refractivity contribution in [3.63, 3.8) is 0 Å². The Morgan fingerprint density at radius 1 is 1.11 bits per heavy atom. The lowest BCUT2D eigenvalue weighted by atomic mass is 10.1. The standard InChI is InChI=1S/C19H17ClN4O3/c1-11-5-4-6-14(7-11)23-18-17(24(25)26)19(22-10-21-18)27-15-8-12(2)16(20)13(3)9-15/h4-10H,1-3H3,(H,21,22,23). The van der Waals surface area contributed by atoms with Gasteiger partial charge in [-0.2, -0.15) is 4.98 Å². The fraction of sp³-hybridized carbons (Fsp3) is 0.158. The van der Waals surface area contributed by atoms with Gasteiger partial charge in [-0.15, -0.1) is 0 Å². The molecule has 0 unspecified atom stereocenters. The summed E-state index contributed by atoms with van der Waals surface area (Å²) in [5.74, 6) is 0.321. The molecule has 1 heterocycles. The number of benzene rings is 2. The largest absolute Gasteiger partial charge is 0.434 e. The molecular weight excluding hydrogens is 368 g/mol. The fourth-order valence-corrected chi connectivity index (χ4v) is 2.74. The van der Waals surface area contributed by atoms with E-state index in [-0.39, 0.29) is 17.4 Å². The molecule has 0 saturated heterocycles. The Bertz CT molecular complexity index is 1000. The van der Waals surface area contributed by atoms with E-state index in [0.717, 1.165) is 16.7 Å². The molecule has 3 aromatic rings. The van der Waals surface area contributed by atoms with Crippen molar-refractivity contribution in [2.24, 2.45) is 0 Å². The van der Waals surface area contributed by atoms with Crippen LogP contribution >= 0.6 is 11.6 Å². The predicted octanol–water partition coefficient (Wildman–Crippen LogP) is 5.50. The first kappa shape index (κ1) is 18.6. The second-order valence-electron chi connectivity index (χ2n) is 6.10. The van der Waals surface area contributed by atoms with Gasteiger partial charge in [0.25, 0.3) is 0 Å². The Morgan fingerprint density at radius 3 is 2.44 bits per heavy atom. The van der Waals surface area contributed by atoms with Gasteiger partial charge in [-0.05, 0) is 61.7 Å². The molecule has 0 radical (unpaired) electrons. The highest BCUT2D eigenvalue weighted by molar-refractivity contribution is 6.32. The summed E-state index contributed by atoms with van der Waals surface area (Å²) in [4.78, 5) is 19.1. The Labute approximate surface area is 161 Å². The van der Waals surface area contributed by atoms with Crippen LogP contribution in [0.3, 0.4) is 0 Å². The Hall–Kier alpha value is -3.19. The quantitative estimate of drug-likeness (QED) is 0.461. The number of nitrogens with zero attached hydrogens (tertiary/aromatic N) is 3. The minimum absolute atomic E-state index is 0.0537. The Balaban J connectivity index is 2.00. The number of rotatable bonds is 5. The van der Waals surface area contributed by atoms with E-state index in [9.17, 15) is 10.1 Å². The average Bonchev–Trinajstić information content (AvgIpc) is 2.59. The number of nitro groups is 1. The molecule has 0 aliphatic carbocycles. The molecule has 0 atom stereocenters. The minimum Gasteiger partial charge on any atom is -0.434 e.